The van der Waals surface area contributed by atoms with E-state index in [9.17, 15) is 0 Å². The van der Waals surface area contributed by atoms with Gasteiger partial charge in [-0.15, -0.1) is 0 Å². The number of aromatic nitrogens is 3. The Morgan fingerprint density at radius 3 is 1.34 bits per heavy atom. The molecule has 0 fully saturated rings. The standard InChI is InChI=1S/C65H43N3/c1-6-19-44(20-7-1)51-40-56(46-23-10-3-11-24-46)65-59(41-51)58-39-49(48-33-35-63-57(38-48)55-31-16-17-32-62(55)67(63)53-28-14-5-15-29-53)34-36-64(58)68(65)54-30-18-27-50(37-54)61-43-52(45-21-8-2-9-22-45)42-60(66-61)47-25-12-4-13-26-47/h1-43H. The maximum Gasteiger partial charge on any atom is 0.0716 e. The molecule has 0 amide bonds. The molecule has 0 atom stereocenters. The van der Waals surface area contributed by atoms with Crippen LogP contribution in [0.25, 0.3) is 122 Å². The molecule has 3 aromatic heterocycles. The molecule has 318 valence electrons. The van der Waals surface area contributed by atoms with Crippen LogP contribution in [-0.4, -0.2) is 14.1 Å². The smallest absolute Gasteiger partial charge is 0.0716 e. The lowest BCUT2D eigenvalue weighted by Gasteiger charge is -2.15. The van der Waals surface area contributed by atoms with Gasteiger partial charge in [0.2, 0.25) is 0 Å². The van der Waals surface area contributed by atoms with E-state index in [-0.39, 0.29) is 0 Å². The van der Waals surface area contributed by atoms with Gasteiger partial charge in [-0.3, -0.25) is 0 Å². The number of pyridine rings is 1. The van der Waals surface area contributed by atoms with E-state index >= 15 is 0 Å². The summed E-state index contributed by atoms with van der Waals surface area (Å²) in [6.45, 7) is 0. The van der Waals surface area contributed by atoms with Crippen LogP contribution in [0.15, 0.2) is 261 Å². The first-order valence-corrected chi connectivity index (χ1v) is 23.3. The van der Waals surface area contributed by atoms with E-state index in [1.807, 2.05) is 0 Å². The maximum absolute atomic E-state index is 5.35. The Labute approximate surface area is 395 Å². The Hall–Kier alpha value is -9.05. The summed E-state index contributed by atoms with van der Waals surface area (Å²) in [6.07, 6.45) is 0. The first-order chi connectivity index (χ1) is 33.7. The van der Waals surface area contributed by atoms with Crippen LogP contribution in [0.1, 0.15) is 0 Å². The van der Waals surface area contributed by atoms with Crippen molar-refractivity contribution < 1.29 is 0 Å². The summed E-state index contributed by atoms with van der Waals surface area (Å²) >= 11 is 0. The van der Waals surface area contributed by atoms with Crippen molar-refractivity contribution in [2.75, 3.05) is 0 Å². The molecule has 3 heterocycles. The third-order valence-corrected chi connectivity index (χ3v) is 13.5. The van der Waals surface area contributed by atoms with Gasteiger partial charge in [-0.25, -0.2) is 4.98 Å². The van der Waals surface area contributed by atoms with Gasteiger partial charge < -0.3 is 9.13 Å². The van der Waals surface area contributed by atoms with Crippen molar-refractivity contribution in [1.82, 2.24) is 14.1 Å². The molecule has 68 heavy (non-hydrogen) atoms. The summed E-state index contributed by atoms with van der Waals surface area (Å²) < 4.78 is 4.86. The van der Waals surface area contributed by atoms with E-state index < -0.39 is 0 Å². The summed E-state index contributed by atoms with van der Waals surface area (Å²) in [5.41, 5.74) is 20.3. The average Bonchev–Trinajstić information content (AvgIpc) is 3.94. The van der Waals surface area contributed by atoms with Gasteiger partial charge in [0.05, 0.1) is 33.5 Å². The quantitative estimate of drug-likeness (QED) is 0.149. The summed E-state index contributed by atoms with van der Waals surface area (Å²) in [7, 11) is 0. The van der Waals surface area contributed by atoms with E-state index in [0.717, 1.165) is 56.0 Å². The highest BCUT2D eigenvalue weighted by Crippen LogP contribution is 2.44. The lowest BCUT2D eigenvalue weighted by atomic mass is 9.94. The van der Waals surface area contributed by atoms with Gasteiger partial charge in [0.25, 0.3) is 0 Å². The molecule has 3 heteroatoms. The van der Waals surface area contributed by atoms with Crippen molar-refractivity contribution in [3.63, 3.8) is 0 Å². The molecule has 13 rings (SSSR count). The number of fused-ring (bicyclic) bond motifs is 6. The minimum atomic E-state index is 0.925. The van der Waals surface area contributed by atoms with Crippen LogP contribution in [0.3, 0.4) is 0 Å². The fraction of sp³-hybridized carbons (Fsp3) is 0. The Morgan fingerprint density at radius 1 is 0.235 bits per heavy atom. The molecule has 0 bridgehead atoms. The summed E-state index contributed by atoms with van der Waals surface area (Å²) in [5, 5.41) is 4.87. The molecule has 0 aliphatic carbocycles. The molecule has 0 saturated carbocycles. The second-order valence-electron chi connectivity index (χ2n) is 17.5. The molecule has 10 aromatic carbocycles. The molecule has 3 nitrogen and oxygen atoms in total. The zero-order valence-electron chi connectivity index (χ0n) is 37.2. The summed E-state index contributed by atoms with van der Waals surface area (Å²) in [5.74, 6) is 0. The molecule has 0 saturated heterocycles. The minimum absolute atomic E-state index is 0.925. The second-order valence-corrected chi connectivity index (χ2v) is 17.5. The summed E-state index contributed by atoms with van der Waals surface area (Å²) in [6, 6.07) is 94.3. The molecule has 0 N–H and O–H groups in total. The van der Waals surface area contributed by atoms with Gasteiger partial charge in [-0.2, -0.15) is 0 Å². The van der Waals surface area contributed by atoms with Crippen LogP contribution < -0.4 is 0 Å². The lowest BCUT2D eigenvalue weighted by molar-refractivity contribution is 1.18. The van der Waals surface area contributed by atoms with E-state index in [4.69, 9.17) is 4.98 Å². The maximum atomic E-state index is 5.35. The highest BCUT2D eigenvalue weighted by atomic mass is 15.0. The van der Waals surface area contributed by atoms with E-state index in [1.54, 1.807) is 0 Å². The van der Waals surface area contributed by atoms with Crippen LogP contribution in [0.2, 0.25) is 0 Å². The van der Waals surface area contributed by atoms with Gasteiger partial charge >= 0.3 is 0 Å². The molecular formula is C65H43N3. The Bertz CT molecular complexity index is 3930. The van der Waals surface area contributed by atoms with Gasteiger partial charge in [0.1, 0.15) is 0 Å². The Kier molecular flexibility index (Phi) is 9.50. The fourth-order valence-electron chi connectivity index (χ4n) is 10.3. The number of benzene rings is 10. The first-order valence-electron chi connectivity index (χ1n) is 23.3. The number of hydrogen-bond acceptors (Lipinski definition) is 1. The monoisotopic (exact) mass is 865 g/mol. The normalized spacial score (nSPS) is 11.5. The Balaban J connectivity index is 1.05. The van der Waals surface area contributed by atoms with Gasteiger partial charge in [0.15, 0.2) is 0 Å². The summed E-state index contributed by atoms with van der Waals surface area (Å²) in [4.78, 5) is 5.35. The Morgan fingerprint density at radius 2 is 0.691 bits per heavy atom. The highest BCUT2D eigenvalue weighted by Gasteiger charge is 2.21. The van der Waals surface area contributed by atoms with Crippen LogP contribution in [0.4, 0.5) is 0 Å². The molecular weight excluding hydrogens is 823 g/mol. The third kappa shape index (κ3) is 6.80. The van der Waals surface area contributed by atoms with Crippen molar-refractivity contribution in [2.45, 2.75) is 0 Å². The molecule has 0 aliphatic rings. The van der Waals surface area contributed by atoms with E-state index in [1.165, 1.54) is 66.0 Å². The number of para-hydroxylation sites is 2. The van der Waals surface area contributed by atoms with Gasteiger partial charge in [-0.1, -0.05) is 182 Å². The predicted molar refractivity (Wildman–Crippen MR) is 286 cm³/mol. The zero-order valence-corrected chi connectivity index (χ0v) is 37.2. The largest absolute Gasteiger partial charge is 0.309 e. The number of rotatable bonds is 8. The topological polar surface area (TPSA) is 22.8 Å². The average molecular weight is 866 g/mol. The van der Waals surface area contributed by atoms with Crippen LogP contribution in [-0.2, 0) is 0 Å². The van der Waals surface area contributed by atoms with Gasteiger partial charge in [-0.05, 0) is 118 Å². The molecule has 0 aliphatic heterocycles. The molecule has 0 spiro atoms. The van der Waals surface area contributed by atoms with Crippen molar-refractivity contribution in [2.24, 2.45) is 0 Å². The molecule has 0 unspecified atom stereocenters. The minimum Gasteiger partial charge on any atom is -0.309 e. The molecule has 0 radical (unpaired) electrons. The third-order valence-electron chi connectivity index (χ3n) is 13.5. The van der Waals surface area contributed by atoms with Crippen LogP contribution in [0.5, 0.6) is 0 Å². The van der Waals surface area contributed by atoms with Crippen molar-refractivity contribution in [1.29, 1.82) is 0 Å². The zero-order chi connectivity index (χ0) is 45.0. The van der Waals surface area contributed by atoms with Gasteiger partial charge in [0, 0.05) is 49.6 Å². The van der Waals surface area contributed by atoms with Crippen LogP contribution >= 0.6 is 0 Å². The van der Waals surface area contributed by atoms with E-state index in [0.29, 0.717) is 0 Å². The fourth-order valence-corrected chi connectivity index (χ4v) is 10.3. The SMILES string of the molecule is c1ccc(-c2cc(-c3ccccc3)nc(-c3cccc(-n4c5ccc(-c6ccc7c(c6)c6ccccc6n7-c6ccccc6)cc5c5cc(-c6ccccc6)cc(-c6ccccc6)c54)c3)c2)cc1. The molecule has 13 aromatic rings. The predicted octanol–water partition coefficient (Wildman–Crippen LogP) is 17.3. The second kappa shape index (κ2) is 16.4. The van der Waals surface area contributed by atoms with E-state index in [2.05, 4.69) is 270 Å². The van der Waals surface area contributed by atoms with Crippen molar-refractivity contribution >= 4 is 43.6 Å². The van der Waals surface area contributed by atoms with Crippen molar-refractivity contribution in [3.05, 3.63) is 261 Å². The van der Waals surface area contributed by atoms with Crippen molar-refractivity contribution in [3.8, 4) is 78.4 Å². The van der Waals surface area contributed by atoms with Crippen LogP contribution in [0, 0.1) is 0 Å². The first kappa shape index (κ1) is 39.3. The number of nitrogens with zero attached hydrogens (tertiary/aromatic N) is 3. The highest BCUT2D eigenvalue weighted by molar-refractivity contribution is 6.17. The lowest BCUT2D eigenvalue weighted by Crippen LogP contribution is -1.97. The number of hydrogen-bond donors (Lipinski definition) is 0.